The number of aryl methyl sites for hydroxylation is 1. The van der Waals surface area contributed by atoms with Crippen molar-refractivity contribution in [2.45, 2.75) is 6.92 Å². The molecule has 0 saturated carbocycles. The Bertz CT molecular complexity index is 232. The maximum atomic E-state index is 5.55. The Hall–Kier alpha value is -1.25. The van der Waals surface area contributed by atoms with Crippen molar-refractivity contribution >= 4 is 11.5 Å². The number of nitrogens with one attached hydrogen (secondary N) is 1. The highest BCUT2D eigenvalue weighted by molar-refractivity contribution is 5.50. The summed E-state index contributed by atoms with van der Waals surface area (Å²) in [5.74, 6) is 0.853. The molecule has 0 aromatic carbocycles. The van der Waals surface area contributed by atoms with Crippen LogP contribution in [0.4, 0.5) is 11.5 Å². The fourth-order valence-electron chi connectivity index (χ4n) is 0.703. The van der Waals surface area contributed by atoms with Crippen molar-refractivity contribution in [2.24, 2.45) is 0 Å². The van der Waals surface area contributed by atoms with Gasteiger partial charge in [-0.05, 0) is 18.6 Å². The van der Waals surface area contributed by atoms with Crippen LogP contribution < -0.4 is 11.1 Å². The van der Waals surface area contributed by atoms with Gasteiger partial charge in [0.2, 0.25) is 0 Å². The average molecular weight is 137 g/mol. The van der Waals surface area contributed by atoms with Gasteiger partial charge in [0.05, 0.1) is 11.9 Å². The van der Waals surface area contributed by atoms with E-state index in [1.807, 2.05) is 20.0 Å². The van der Waals surface area contributed by atoms with Gasteiger partial charge in [-0.3, -0.25) is 0 Å². The van der Waals surface area contributed by atoms with Gasteiger partial charge in [-0.2, -0.15) is 0 Å². The van der Waals surface area contributed by atoms with Crippen LogP contribution in [0.3, 0.4) is 0 Å². The van der Waals surface area contributed by atoms with Gasteiger partial charge in [-0.15, -0.1) is 0 Å². The molecule has 0 aliphatic rings. The molecule has 3 N–H and O–H groups in total. The summed E-state index contributed by atoms with van der Waals surface area (Å²) in [6.45, 7) is 1.96. The summed E-state index contributed by atoms with van der Waals surface area (Å²) in [4.78, 5) is 4.02. The minimum absolute atomic E-state index is 0.735. The number of nitrogen functional groups attached to an aromatic ring is 1. The Kier molecular flexibility index (Phi) is 1.76. The molecule has 1 rings (SSSR count). The SMILES string of the molecule is CNc1cc(C)c(N)cn1. The predicted octanol–water partition coefficient (Wildman–Crippen LogP) is 1.01. The van der Waals surface area contributed by atoms with Gasteiger partial charge in [0.1, 0.15) is 5.82 Å². The van der Waals surface area contributed by atoms with Crippen molar-refractivity contribution < 1.29 is 0 Å². The fraction of sp³-hybridized carbons (Fsp3) is 0.286. The molecule has 0 fully saturated rings. The molecular weight excluding hydrogens is 126 g/mol. The second kappa shape index (κ2) is 2.56. The number of hydrogen-bond donors (Lipinski definition) is 2. The molecule has 3 nitrogen and oxygen atoms in total. The zero-order valence-corrected chi connectivity index (χ0v) is 6.18. The summed E-state index contributed by atoms with van der Waals surface area (Å²) >= 11 is 0. The maximum Gasteiger partial charge on any atom is 0.126 e. The molecule has 0 amide bonds. The minimum atomic E-state index is 0.735. The van der Waals surface area contributed by atoms with Crippen molar-refractivity contribution in [1.82, 2.24) is 4.98 Å². The average Bonchev–Trinajstić information content (AvgIpc) is 1.95. The van der Waals surface area contributed by atoms with E-state index in [1.54, 1.807) is 6.20 Å². The number of rotatable bonds is 1. The van der Waals surface area contributed by atoms with E-state index in [9.17, 15) is 0 Å². The zero-order valence-electron chi connectivity index (χ0n) is 6.18. The summed E-state index contributed by atoms with van der Waals surface area (Å²) in [5, 5.41) is 2.93. The van der Waals surface area contributed by atoms with Crippen molar-refractivity contribution in [3.63, 3.8) is 0 Å². The molecule has 0 atom stereocenters. The molecule has 1 aromatic heterocycles. The first-order chi connectivity index (χ1) is 4.74. The smallest absolute Gasteiger partial charge is 0.126 e. The number of hydrogen-bond acceptors (Lipinski definition) is 3. The van der Waals surface area contributed by atoms with E-state index in [4.69, 9.17) is 5.73 Å². The standard InChI is InChI=1S/C7H11N3/c1-5-3-7(9-2)10-4-6(5)8/h3-4H,8H2,1-2H3,(H,9,10). The molecule has 0 saturated heterocycles. The zero-order chi connectivity index (χ0) is 7.56. The lowest BCUT2D eigenvalue weighted by Gasteiger charge is -2.01. The van der Waals surface area contributed by atoms with E-state index in [0.717, 1.165) is 17.1 Å². The number of pyridine rings is 1. The van der Waals surface area contributed by atoms with Crippen LogP contribution in [0.15, 0.2) is 12.3 Å². The monoisotopic (exact) mass is 137 g/mol. The molecule has 0 aliphatic carbocycles. The van der Waals surface area contributed by atoms with E-state index >= 15 is 0 Å². The quantitative estimate of drug-likeness (QED) is 0.607. The molecule has 0 spiro atoms. The van der Waals surface area contributed by atoms with Crippen LogP contribution in [0.1, 0.15) is 5.56 Å². The number of aromatic nitrogens is 1. The van der Waals surface area contributed by atoms with E-state index < -0.39 is 0 Å². The van der Waals surface area contributed by atoms with Gasteiger partial charge in [0, 0.05) is 7.05 Å². The summed E-state index contributed by atoms with van der Waals surface area (Å²) in [7, 11) is 1.83. The first kappa shape index (κ1) is 6.86. The van der Waals surface area contributed by atoms with Gasteiger partial charge in [0.25, 0.3) is 0 Å². The van der Waals surface area contributed by atoms with E-state index in [-0.39, 0.29) is 0 Å². The lowest BCUT2D eigenvalue weighted by atomic mass is 10.2. The van der Waals surface area contributed by atoms with Crippen molar-refractivity contribution in [3.05, 3.63) is 17.8 Å². The highest BCUT2D eigenvalue weighted by atomic mass is 15.0. The second-order valence-corrected chi connectivity index (χ2v) is 2.18. The Morgan fingerprint density at radius 2 is 2.30 bits per heavy atom. The van der Waals surface area contributed by atoms with E-state index in [2.05, 4.69) is 10.3 Å². The molecule has 0 aliphatic heterocycles. The molecule has 3 heteroatoms. The van der Waals surface area contributed by atoms with E-state index in [1.165, 1.54) is 0 Å². The molecule has 10 heavy (non-hydrogen) atoms. The van der Waals surface area contributed by atoms with Crippen LogP contribution in [0.5, 0.6) is 0 Å². The number of nitrogens with zero attached hydrogens (tertiary/aromatic N) is 1. The van der Waals surface area contributed by atoms with Gasteiger partial charge in [-0.1, -0.05) is 0 Å². The lowest BCUT2D eigenvalue weighted by molar-refractivity contribution is 1.26. The molecular formula is C7H11N3. The second-order valence-electron chi connectivity index (χ2n) is 2.18. The third-order valence-electron chi connectivity index (χ3n) is 1.41. The number of anilines is 2. The Labute approximate surface area is 60.3 Å². The molecule has 1 heterocycles. The summed E-state index contributed by atoms with van der Waals surface area (Å²) < 4.78 is 0. The van der Waals surface area contributed by atoms with Crippen molar-refractivity contribution in [2.75, 3.05) is 18.1 Å². The van der Waals surface area contributed by atoms with Crippen LogP contribution in [0.25, 0.3) is 0 Å². The highest BCUT2D eigenvalue weighted by Gasteiger charge is 1.93. The van der Waals surface area contributed by atoms with Crippen LogP contribution >= 0.6 is 0 Å². The Morgan fingerprint density at radius 1 is 1.60 bits per heavy atom. The summed E-state index contributed by atoms with van der Waals surface area (Å²) in [6, 6.07) is 1.91. The Morgan fingerprint density at radius 3 is 2.80 bits per heavy atom. The van der Waals surface area contributed by atoms with Crippen molar-refractivity contribution in [3.8, 4) is 0 Å². The van der Waals surface area contributed by atoms with Gasteiger partial charge in [0.15, 0.2) is 0 Å². The van der Waals surface area contributed by atoms with Crippen LogP contribution in [-0.2, 0) is 0 Å². The molecule has 54 valence electrons. The van der Waals surface area contributed by atoms with Crippen molar-refractivity contribution in [1.29, 1.82) is 0 Å². The topological polar surface area (TPSA) is 50.9 Å². The minimum Gasteiger partial charge on any atom is -0.397 e. The Balaban J connectivity index is 3.04. The third kappa shape index (κ3) is 1.18. The molecule has 0 radical (unpaired) electrons. The first-order valence-corrected chi connectivity index (χ1v) is 3.14. The highest BCUT2D eigenvalue weighted by Crippen LogP contribution is 2.11. The first-order valence-electron chi connectivity index (χ1n) is 3.14. The summed E-state index contributed by atoms with van der Waals surface area (Å²) in [5.41, 5.74) is 7.34. The third-order valence-corrected chi connectivity index (χ3v) is 1.41. The van der Waals surface area contributed by atoms with Gasteiger partial charge < -0.3 is 11.1 Å². The number of nitrogens with two attached hydrogens (primary N) is 1. The predicted molar refractivity (Wildman–Crippen MR) is 42.9 cm³/mol. The van der Waals surface area contributed by atoms with Crippen LogP contribution in [0.2, 0.25) is 0 Å². The lowest BCUT2D eigenvalue weighted by Crippen LogP contribution is -1.95. The molecule has 1 aromatic rings. The summed E-state index contributed by atoms with van der Waals surface area (Å²) in [6.07, 6.45) is 1.65. The van der Waals surface area contributed by atoms with E-state index in [0.29, 0.717) is 0 Å². The van der Waals surface area contributed by atoms with Crippen LogP contribution in [0, 0.1) is 6.92 Å². The fourth-order valence-corrected chi connectivity index (χ4v) is 0.703. The normalized spacial score (nSPS) is 9.40. The largest absolute Gasteiger partial charge is 0.397 e. The maximum absolute atomic E-state index is 5.55. The molecule has 0 unspecified atom stereocenters. The molecule has 0 bridgehead atoms. The van der Waals surface area contributed by atoms with Gasteiger partial charge in [-0.25, -0.2) is 4.98 Å². The van der Waals surface area contributed by atoms with Crippen LogP contribution in [-0.4, -0.2) is 12.0 Å². The van der Waals surface area contributed by atoms with Gasteiger partial charge >= 0.3 is 0 Å².